The number of ether oxygens (including phenoxy) is 1. The summed E-state index contributed by atoms with van der Waals surface area (Å²) in [6.07, 6.45) is 0.787. The smallest absolute Gasteiger partial charge is 0.234 e. The SMILES string of the molecule is CCC(Br)C(=O)NCc1cccc(COC)c1. The van der Waals surface area contributed by atoms with Crippen molar-refractivity contribution in [2.24, 2.45) is 0 Å². The van der Waals surface area contributed by atoms with Gasteiger partial charge in [0.2, 0.25) is 5.91 Å². The second-order valence-electron chi connectivity index (χ2n) is 3.85. The van der Waals surface area contributed by atoms with Crippen LogP contribution in [0.3, 0.4) is 0 Å². The summed E-state index contributed by atoms with van der Waals surface area (Å²) < 4.78 is 5.07. The molecule has 94 valence electrons. The molecule has 0 aliphatic rings. The van der Waals surface area contributed by atoms with E-state index in [9.17, 15) is 4.79 Å². The van der Waals surface area contributed by atoms with E-state index >= 15 is 0 Å². The lowest BCUT2D eigenvalue weighted by atomic mass is 10.1. The zero-order valence-electron chi connectivity index (χ0n) is 10.2. The first-order valence-electron chi connectivity index (χ1n) is 5.66. The number of alkyl halides is 1. The highest BCUT2D eigenvalue weighted by molar-refractivity contribution is 9.10. The number of methoxy groups -OCH3 is 1. The van der Waals surface area contributed by atoms with E-state index in [0.717, 1.165) is 17.5 Å². The number of rotatable bonds is 6. The number of hydrogen-bond acceptors (Lipinski definition) is 2. The molecule has 1 atom stereocenters. The Morgan fingerprint density at radius 3 is 2.82 bits per heavy atom. The molecule has 1 N–H and O–H groups in total. The largest absolute Gasteiger partial charge is 0.380 e. The zero-order valence-corrected chi connectivity index (χ0v) is 11.8. The summed E-state index contributed by atoms with van der Waals surface area (Å²) in [5.74, 6) is 0.0321. The third-order valence-corrected chi connectivity index (χ3v) is 3.48. The predicted octanol–water partition coefficient (Wildman–Crippen LogP) is 2.62. The average Bonchev–Trinajstić information content (AvgIpc) is 2.36. The second-order valence-corrected chi connectivity index (χ2v) is 4.95. The Morgan fingerprint density at radius 1 is 1.47 bits per heavy atom. The minimum absolute atomic E-state index is 0.0321. The number of carbonyl (C=O) groups is 1. The molecule has 0 aliphatic heterocycles. The fourth-order valence-corrected chi connectivity index (χ4v) is 1.64. The molecule has 0 fully saturated rings. The molecule has 0 saturated heterocycles. The molecule has 1 aromatic carbocycles. The van der Waals surface area contributed by atoms with Gasteiger partial charge in [-0.2, -0.15) is 0 Å². The molecule has 0 aromatic heterocycles. The van der Waals surface area contributed by atoms with Gasteiger partial charge >= 0.3 is 0 Å². The molecular weight excluding hydrogens is 282 g/mol. The summed E-state index contributed by atoms with van der Waals surface area (Å²) in [5.41, 5.74) is 2.20. The van der Waals surface area contributed by atoms with Gasteiger partial charge in [-0.15, -0.1) is 0 Å². The van der Waals surface area contributed by atoms with Crippen molar-refractivity contribution in [2.75, 3.05) is 7.11 Å². The van der Waals surface area contributed by atoms with E-state index in [2.05, 4.69) is 21.2 Å². The Hall–Kier alpha value is -0.870. The van der Waals surface area contributed by atoms with Crippen molar-refractivity contribution in [2.45, 2.75) is 31.3 Å². The first-order valence-corrected chi connectivity index (χ1v) is 6.57. The molecule has 0 saturated carbocycles. The predicted molar refractivity (Wildman–Crippen MR) is 72.0 cm³/mol. The van der Waals surface area contributed by atoms with E-state index < -0.39 is 0 Å². The minimum atomic E-state index is -0.107. The van der Waals surface area contributed by atoms with Crippen molar-refractivity contribution in [3.05, 3.63) is 35.4 Å². The van der Waals surface area contributed by atoms with E-state index in [1.54, 1.807) is 7.11 Å². The first kappa shape index (κ1) is 14.2. The van der Waals surface area contributed by atoms with Gasteiger partial charge in [0.1, 0.15) is 0 Å². The van der Waals surface area contributed by atoms with Gasteiger partial charge < -0.3 is 10.1 Å². The van der Waals surface area contributed by atoms with Gasteiger partial charge in [-0.05, 0) is 17.5 Å². The van der Waals surface area contributed by atoms with Crippen LogP contribution in [0.15, 0.2) is 24.3 Å². The van der Waals surface area contributed by atoms with Crippen LogP contribution in [-0.2, 0) is 22.7 Å². The molecule has 3 nitrogen and oxygen atoms in total. The minimum Gasteiger partial charge on any atom is -0.380 e. The van der Waals surface area contributed by atoms with Gasteiger partial charge in [-0.3, -0.25) is 4.79 Å². The summed E-state index contributed by atoms with van der Waals surface area (Å²) in [5, 5.41) is 2.89. The summed E-state index contributed by atoms with van der Waals surface area (Å²) in [4.78, 5) is 11.5. The number of amides is 1. The normalized spacial score (nSPS) is 12.2. The molecule has 1 aromatic rings. The molecule has 17 heavy (non-hydrogen) atoms. The summed E-state index contributed by atoms with van der Waals surface area (Å²) in [6.45, 7) is 3.12. The number of halogens is 1. The molecule has 1 unspecified atom stereocenters. The van der Waals surface area contributed by atoms with E-state index in [0.29, 0.717) is 13.2 Å². The van der Waals surface area contributed by atoms with Crippen LogP contribution in [0.1, 0.15) is 24.5 Å². The molecule has 1 rings (SSSR count). The van der Waals surface area contributed by atoms with Crippen LogP contribution >= 0.6 is 15.9 Å². The summed E-state index contributed by atoms with van der Waals surface area (Å²) >= 11 is 3.32. The van der Waals surface area contributed by atoms with Crippen molar-refractivity contribution in [3.8, 4) is 0 Å². The maximum absolute atomic E-state index is 11.6. The monoisotopic (exact) mass is 299 g/mol. The standard InChI is InChI=1S/C13H18BrNO2/c1-3-12(14)13(16)15-8-10-5-4-6-11(7-10)9-17-2/h4-7,12H,3,8-9H2,1-2H3,(H,15,16). The van der Waals surface area contributed by atoms with Crippen LogP contribution < -0.4 is 5.32 Å². The Balaban J connectivity index is 2.51. The molecule has 4 heteroatoms. The lowest BCUT2D eigenvalue weighted by molar-refractivity contribution is -0.120. The van der Waals surface area contributed by atoms with Crippen LogP contribution in [-0.4, -0.2) is 17.8 Å². The van der Waals surface area contributed by atoms with Crippen LogP contribution in [0.2, 0.25) is 0 Å². The lowest BCUT2D eigenvalue weighted by Crippen LogP contribution is -2.30. The second kappa shape index (κ2) is 7.45. The van der Waals surface area contributed by atoms with Gasteiger partial charge in [0.25, 0.3) is 0 Å². The third kappa shape index (κ3) is 4.88. The highest BCUT2D eigenvalue weighted by Crippen LogP contribution is 2.08. The van der Waals surface area contributed by atoms with Crippen molar-refractivity contribution < 1.29 is 9.53 Å². The number of hydrogen-bond donors (Lipinski definition) is 1. The third-order valence-electron chi connectivity index (χ3n) is 2.41. The summed E-state index contributed by atoms with van der Waals surface area (Å²) in [7, 11) is 1.67. The van der Waals surface area contributed by atoms with Crippen LogP contribution in [0.5, 0.6) is 0 Å². The van der Waals surface area contributed by atoms with Crippen molar-refractivity contribution in [1.82, 2.24) is 5.32 Å². The fraction of sp³-hybridized carbons (Fsp3) is 0.462. The van der Waals surface area contributed by atoms with Gasteiger partial charge in [0.05, 0.1) is 11.4 Å². The average molecular weight is 300 g/mol. The Kier molecular flexibility index (Phi) is 6.22. The van der Waals surface area contributed by atoms with Gasteiger partial charge in [0.15, 0.2) is 0 Å². The summed E-state index contributed by atoms with van der Waals surface area (Å²) in [6, 6.07) is 8.02. The lowest BCUT2D eigenvalue weighted by Gasteiger charge is -2.09. The topological polar surface area (TPSA) is 38.3 Å². The molecule has 0 radical (unpaired) electrons. The van der Waals surface area contributed by atoms with Gasteiger partial charge in [-0.1, -0.05) is 47.1 Å². The molecule has 0 heterocycles. The first-order chi connectivity index (χ1) is 8.17. The molecular formula is C13H18BrNO2. The fourth-order valence-electron chi connectivity index (χ4n) is 1.48. The number of carbonyl (C=O) groups excluding carboxylic acids is 1. The maximum atomic E-state index is 11.6. The molecule has 0 spiro atoms. The number of benzene rings is 1. The highest BCUT2D eigenvalue weighted by Gasteiger charge is 2.11. The van der Waals surface area contributed by atoms with Crippen molar-refractivity contribution >= 4 is 21.8 Å². The maximum Gasteiger partial charge on any atom is 0.234 e. The number of nitrogens with one attached hydrogen (secondary N) is 1. The van der Waals surface area contributed by atoms with E-state index in [-0.39, 0.29) is 10.7 Å². The van der Waals surface area contributed by atoms with Gasteiger partial charge in [-0.25, -0.2) is 0 Å². The van der Waals surface area contributed by atoms with Crippen molar-refractivity contribution in [1.29, 1.82) is 0 Å². The van der Waals surface area contributed by atoms with E-state index in [4.69, 9.17) is 4.74 Å². The Labute approximate surface area is 111 Å². The van der Waals surface area contributed by atoms with Crippen LogP contribution in [0.25, 0.3) is 0 Å². The molecule has 0 aliphatic carbocycles. The molecule has 1 amide bonds. The van der Waals surface area contributed by atoms with E-state index in [1.165, 1.54) is 0 Å². The van der Waals surface area contributed by atoms with Crippen LogP contribution in [0.4, 0.5) is 0 Å². The zero-order chi connectivity index (χ0) is 12.7. The van der Waals surface area contributed by atoms with E-state index in [1.807, 2.05) is 31.2 Å². The molecule has 0 bridgehead atoms. The Bertz CT molecular complexity index is 368. The van der Waals surface area contributed by atoms with Crippen LogP contribution in [0, 0.1) is 0 Å². The quantitative estimate of drug-likeness (QED) is 0.820. The van der Waals surface area contributed by atoms with Gasteiger partial charge in [0, 0.05) is 13.7 Å². The van der Waals surface area contributed by atoms with Crippen molar-refractivity contribution in [3.63, 3.8) is 0 Å². The Morgan fingerprint density at radius 2 is 2.18 bits per heavy atom. The highest BCUT2D eigenvalue weighted by atomic mass is 79.9.